The van der Waals surface area contributed by atoms with Crippen LogP contribution in [0.2, 0.25) is 0 Å². The van der Waals surface area contributed by atoms with Crippen molar-refractivity contribution in [2.24, 2.45) is 0 Å². The van der Waals surface area contributed by atoms with Gasteiger partial charge in [-0.25, -0.2) is 0 Å². The zero-order chi connectivity index (χ0) is 14.4. The molecular formula is C13H18N2O4S. The van der Waals surface area contributed by atoms with Crippen molar-refractivity contribution < 1.29 is 19.1 Å². The Balaban J connectivity index is 1.68. The first-order chi connectivity index (χ1) is 9.65. The first-order valence-corrected chi connectivity index (χ1v) is 7.62. The maximum absolute atomic E-state index is 11.9. The Hall–Kier alpha value is -1.47. The second-order valence-corrected chi connectivity index (χ2v) is 5.61. The van der Waals surface area contributed by atoms with E-state index >= 15 is 0 Å². The molecule has 1 fully saturated rings. The first-order valence-electron chi connectivity index (χ1n) is 6.47. The van der Waals surface area contributed by atoms with Crippen LogP contribution in [0.5, 0.6) is 0 Å². The number of carbonyl (C=O) groups is 2. The molecule has 0 radical (unpaired) electrons. The number of thioether (sulfide) groups is 1. The van der Waals surface area contributed by atoms with Gasteiger partial charge in [0.2, 0.25) is 5.91 Å². The van der Waals surface area contributed by atoms with Crippen LogP contribution < -0.4 is 0 Å². The summed E-state index contributed by atoms with van der Waals surface area (Å²) in [5.41, 5.74) is 0. The van der Waals surface area contributed by atoms with Crippen molar-refractivity contribution in [3.8, 4) is 0 Å². The van der Waals surface area contributed by atoms with Crippen molar-refractivity contribution in [3.05, 3.63) is 24.2 Å². The minimum Gasteiger partial charge on any atom is -0.481 e. The fraction of sp³-hybridized carbons (Fsp3) is 0.538. The van der Waals surface area contributed by atoms with Crippen LogP contribution in [-0.2, 0) is 16.1 Å². The highest BCUT2D eigenvalue weighted by Crippen LogP contribution is 2.10. The van der Waals surface area contributed by atoms with Crippen LogP contribution >= 0.6 is 11.8 Å². The Bertz CT molecular complexity index is 441. The molecule has 1 N–H and O–H groups in total. The van der Waals surface area contributed by atoms with E-state index < -0.39 is 5.97 Å². The van der Waals surface area contributed by atoms with E-state index in [9.17, 15) is 9.59 Å². The molecule has 0 aliphatic carbocycles. The molecule has 1 aromatic heterocycles. The third-order valence-corrected chi connectivity index (χ3v) is 4.04. The molecule has 2 heterocycles. The van der Waals surface area contributed by atoms with E-state index in [-0.39, 0.29) is 17.4 Å². The minimum absolute atomic E-state index is 0.0221. The number of carboxylic acids is 1. The van der Waals surface area contributed by atoms with Crippen molar-refractivity contribution in [2.45, 2.75) is 6.54 Å². The van der Waals surface area contributed by atoms with Gasteiger partial charge in [-0.1, -0.05) is 0 Å². The molecule has 0 bridgehead atoms. The molecule has 0 aromatic carbocycles. The average molecular weight is 298 g/mol. The molecular weight excluding hydrogens is 280 g/mol. The number of carboxylic acid groups (broad SMARTS) is 1. The van der Waals surface area contributed by atoms with Crippen LogP contribution in [0, 0.1) is 0 Å². The molecule has 1 aromatic rings. The highest BCUT2D eigenvalue weighted by atomic mass is 32.2. The lowest BCUT2D eigenvalue weighted by Crippen LogP contribution is -2.48. The molecule has 1 amide bonds. The fourth-order valence-electron chi connectivity index (χ4n) is 2.10. The van der Waals surface area contributed by atoms with Crippen molar-refractivity contribution in [1.82, 2.24) is 9.80 Å². The summed E-state index contributed by atoms with van der Waals surface area (Å²) in [6.07, 6.45) is 1.66. The van der Waals surface area contributed by atoms with E-state index in [1.54, 1.807) is 11.2 Å². The number of aliphatic carboxylic acids is 1. The lowest BCUT2D eigenvalue weighted by atomic mass is 10.3. The Morgan fingerprint density at radius 3 is 2.60 bits per heavy atom. The lowest BCUT2D eigenvalue weighted by Gasteiger charge is -2.34. The van der Waals surface area contributed by atoms with Crippen molar-refractivity contribution in [3.63, 3.8) is 0 Å². The number of piperazine rings is 1. The topological polar surface area (TPSA) is 74.0 Å². The minimum atomic E-state index is -0.883. The Morgan fingerprint density at radius 2 is 2.00 bits per heavy atom. The Morgan fingerprint density at radius 1 is 1.25 bits per heavy atom. The highest BCUT2D eigenvalue weighted by Gasteiger charge is 2.21. The highest BCUT2D eigenvalue weighted by molar-refractivity contribution is 8.00. The van der Waals surface area contributed by atoms with E-state index in [2.05, 4.69) is 4.90 Å². The largest absolute Gasteiger partial charge is 0.481 e. The number of hydrogen-bond donors (Lipinski definition) is 1. The normalized spacial score (nSPS) is 16.3. The van der Waals surface area contributed by atoms with Crippen LogP contribution in [0.4, 0.5) is 0 Å². The van der Waals surface area contributed by atoms with Gasteiger partial charge in [0.25, 0.3) is 0 Å². The van der Waals surface area contributed by atoms with Gasteiger partial charge in [-0.05, 0) is 12.1 Å². The molecule has 0 atom stereocenters. The van der Waals surface area contributed by atoms with Gasteiger partial charge in [-0.15, -0.1) is 11.8 Å². The fourth-order valence-corrected chi connectivity index (χ4v) is 2.73. The van der Waals surface area contributed by atoms with Gasteiger partial charge in [0.15, 0.2) is 0 Å². The zero-order valence-electron chi connectivity index (χ0n) is 11.2. The second kappa shape index (κ2) is 7.35. The van der Waals surface area contributed by atoms with Gasteiger partial charge < -0.3 is 14.4 Å². The van der Waals surface area contributed by atoms with Gasteiger partial charge in [0, 0.05) is 26.2 Å². The van der Waals surface area contributed by atoms with Crippen LogP contribution in [-0.4, -0.2) is 64.5 Å². The molecule has 20 heavy (non-hydrogen) atoms. The number of hydrogen-bond acceptors (Lipinski definition) is 5. The smallest absolute Gasteiger partial charge is 0.313 e. The molecule has 1 aliphatic rings. The quantitative estimate of drug-likeness (QED) is 0.835. The predicted octanol–water partition coefficient (Wildman–Crippen LogP) is 0.742. The lowest BCUT2D eigenvalue weighted by molar-refractivity contribution is -0.133. The molecule has 2 rings (SSSR count). The maximum atomic E-state index is 11.9. The Kier molecular flexibility index (Phi) is 5.49. The molecule has 7 heteroatoms. The molecule has 0 unspecified atom stereocenters. The summed E-state index contributed by atoms with van der Waals surface area (Å²) < 4.78 is 5.30. The van der Waals surface area contributed by atoms with Crippen molar-refractivity contribution in [1.29, 1.82) is 0 Å². The molecule has 6 nitrogen and oxygen atoms in total. The van der Waals surface area contributed by atoms with Gasteiger partial charge in [-0.2, -0.15) is 0 Å². The summed E-state index contributed by atoms with van der Waals surface area (Å²) in [4.78, 5) is 26.3. The van der Waals surface area contributed by atoms with Crippen LogP contribution in [0.1, 0.15) is 5.76 Å². The molecule has 0 spiro atoms. The number of amides is 1. The summed E-state index contributed by atoms with van der Waals surface area (Å²) >= 11 is 1.15. The van der Waals surface area contributed by atoms with Crippen molar-refractivity contribution >= 4 is 23.6 Å². The summed E-state index contributed by atoms with van der Waals surface area (Å²) in [5, 5.41) is 8.53. The first kappa shape index (κ1) is 14.9. The molecule has 1 aliphatic heterocycles. The third-order valence-electron chi connectivity index (χ3n) is 3.14. The van der Waals surface area contributed by atoms with Gasteiger partial charge in [-0.3, -0.25) is 14.5 Å². The van der Waals surface area contributed by atoms with Gasteiger partial charge in [0.05, 0.1) is 24.3 Å². The number of rotatable bonds is 6. The number of furan rings is 1. The van der Waals surface area contributed by atoms with E-state index in [1.807, 2.05) is 12.1 Å². The van der Waals surface area contributed by atoms with Gasteiger partial charge >= 0.3 is 5.97 Å². The van der Waals surface area contributed by atoms with E-state index in [0.29, 0.717) is 13.1 Å². The van der Waals surface area contributed by atoms with E-state index in [0.717, 1.165) is 37.2 Å². The molecule has 110 valence electrons. The van der Waals surface area contributed by atoms with Crippen molar-refractivity contribution in [2.75, 3.05) is 37.7 Å². The summed E-state index contributed by atoms with van der Waals surface area (Å²) in [5.74, 6) is 0.288. The summed E-state index contributed by atoms with van der Waals surface area (Å²) in [6.45, 7) is 3.77. The average Bonchev–Trinajstić information content (AvgIpc) is 2.92. The second-order valence-electron chi connectivity index (χ2n) is 4.62. The van der Waals surface area contributed by atoms with Crippen LogP contribution in [0.25, 0.3) is 0 Å². The van der Waals surface area contributed by atoms with E-state index in [1.165, 1.54) is 0 Å². The van der Waals surface area contributed by atoms with E-state index in [4.69, 9.17) is 9.52 Å². The number of carbonyl (C=O) groups excluding carboxylic acids is 1. The summed E-state index contributed by atoms with van der Waals surface area (Å²) in [7, 11) is 0. The summed E-state index contributed by atoms with van der Waals surface area (Å²) in [6, 6.07) is 3.81. The van der Waals surface area contributed by atoms with Gasteiger partial charge in [0.1, 0.15) is 5.76 Å². The predicted molar refractivity (Wildman–Crippen MR) is 75.5 cm³/mol. The SMILES string of the molecule is O=C(O)CSCC(=O)N1CCN(Cc2ccco2)CC1. The third kappa shape index (κ3) is 4.57. The molecule has 1 saturated heterocycles. The van der Waals surface area contributed by atoms with Crippen LogP contribution in [0.15, 0.2) is 22.8 Å². The monoisotopic (exact) mass is 298 g/mol. The molecule has 0 saturated carbocycles. The zero-order valence-corrected chi connectivity index (χ0v) is 12.0. The standard InChI is InChI=1S/C13H18N2O4S/c16-12(9-20-10-13(17)18)15-5-3-14(4-6-15)8-11-2-1-7-19-11/h1-2,7H,3-6,8-10H2,(H,17,18). The Labute approximate surface area is 121 Å². The number of nitrogens with zero attached hydrogens (tertiary/aromatic N) is 2. The van der Waals surface area contributed by atoms with Crippen LogP contribution in [0.3, 0.4) is 0 Å². The maximum Gasteiger partial charge on any atom is 0.313 e.